The minimum Gasteiger partial charge on any atom is -0.311 e. The van der Waals surface area contributed by atoms with Gasteiger partial charge in [-0.3, -0.25) is 0 Å². The molecule has 0 bridgehead atoms. The molecule has 2 aliphatic rings. The maximum absolute atomic E-state index is 4.98. The summed E-state index contributed by atoms with van der Waals surface area (Å²) in [5.74, 6) is 4.44. The predicted octanol–water partition coefficient (Wildman–Crippen LogP) is 3.14. The number of fused-ring (bicyclic) bond motifs is 1. The molecular formula is C17H24N4S. The van der Waals surface area contributed by atoms with Crippen LogP contribution < -0.4 is 0 Å². The lowest BCUT2D eigenvalue weighted by Gasteiger charge is -2.25. The van der Waals surface area contributed by atoms with Gasteiger partial charge in [0.25, 0.3) is 0 Å². The van der Waals surface area contributed by atoms with Crippen LogP contribution in [-0.4, -0.2) is 50.6 Å². The molecule has 22 heavy (non-hydrogen) atoms. The van der Waals surface area contributed by atoms with Gasteiger partial charge < -0.3 is 9.47 Å². The summed E-state index contributed by atoms with van der Waals surface area (Å²) in [4.78, 5) is 12.1. The highest BCUT2D eigenvalue weighted by molar-refractivity contribution is 7.99. The van der Waals surface area contributed by atoms with Crippen molar-refractivity contribution in [2.24, 2.45) is 0 Å². The molecule has 0 aliphatic carbocycles. The van der Waals surface area contributed by atoms with Gasteiger partial charge in [-0.2, -0.15) is 11.8 Å². The van der Waals surface area contributed by atoms with Crippen LogP contribution in [0.1, 0.15) is 37.4 Å². The molecule has 5 heteroatoms. The second-order valence-corrected chi connectivity index (χ2v) is 7.81. The Morgan fingerprint density at radius 2 is 2.14 bits per heavy atom. The normalized spacial score (nSPS) is 24.3. The number of aromatic nitrogens is 3. The molecule has 2 aromatic heterocycles. The molecule has 0 saturated carbocycles. The molecule has 2 aliphatic heterocycles. The second-order valence-electron chi connectivity index (χ2n) is 6.59. The van der Waals surface area contributed by atoms with E-state index in [4.69, 9.17) is 4.98 Å². The van der Waals surface area contributed by atoms with E-state index in [1.54, 1.807) is 0 Å². The van der Waals surface area contributed by atoms with Gasteiger partial charge in [0.1, 0.15) is 11.3 Å². The molecular weight excluding hydrogens is 292 g/mol. The quantitative estimate of drug-likeness (QED) is 0.871. The molecule has 0 radical (unpaired) electrons. The molecule has 2 aromatic rings. The van der Waals surface area contributed by atoms with Crippen LogP contribution in [0.15, 0.2) is 18.3 Å². The lowest BCUT2D eigenvalue weighted by Crippen LogP contribution is -2.30. The van der Waals surface area contributed by atoms with E-state index in [9.17, 15) is 0 Å². The number of likely N-dealkylation sites (N-methyl/N-ethyl adjacent to an activating group) is 1. The summed E-state index contributed by atoms with van der Waals surface area (Å²) >= 11 is 2.08. The average molecular weight is 316 g/mol. The third kappa shape index (κ3) is 2.65. The minimum atomic E-state index is 0.613. The number of pyridine rings is 1. The first kappa shape index (κ1) is 14.5. The molecule has 4 nitrogen and oxygen atoms in total. The van der Waals surface area contributed by atoms with Gasteiger partial charge in [-0.15, -0.1) is 0 Å². The number of likely N-dealkylation sites (tertiary alicyclic amines) is 1. The molecule has 1 unspecified atom stereocenters. The van der Waals surface area contributed by atoms with Crippen LogP contribution in [-0.2, 0) is 6.54 Å². The van der Waals surface area contributed by atoms with Crippen molar-refractivity contribution in [2.75, 3.05) is 25.1 Å². The maximum Gasteiger partial charge on any atom is 0.160 e. The van der Waals surface area contributed by atoms with Crippen LogP contribution in [0.5, 0.6) is 0 Å². The Hall–Kier alpha value is -1.07. The summed E-state index contributed by atoms with van der Waals surface area (Å²) in [5, 5.41) is 0. The van der Waals surface area contributed by atoms with E-state index >= 15 is 0 Å². The van der Waals surface area contributed by atoms with Crippen LogP contribution in [0.25, 0.3) is 11.2 Å². The zero-order chi connectivity index (χ0) is 14.9. The van der Waals surface area contributed by atoms with Crippen LogP contribution in [0.4, 0.5) is 0 Å². The van der Waals surface area contributed by atoms with Crippen molar-refractivity contribution in [1.82, 2.24) is 19.4 Å². The molecule has 0 amide bonds. The summed E-state index contributed by atoms with van der Waals surface area (Å²) in [6, 6.07) is 4.75. The number of imidazole rings is 1. The molecule has 118 valence electrons. The summed E-state index contributed by atoms with van der Waals surface area (Å²) in [7, 11) is 2.25. The van der Waals surface area contributed by atoms with Gasteiger partial charge in [0.15, 0.2) is 5.65 Å². The summed E-state index contributed by atoms with van der Waals surface area (Å²) in [6.07, 6.45) is 7.03. The Kier molecular flexibility index (Phi) is 4.09. The number of hydrogen-bond donors (Lipinski definition) is 0. The summed E-state index contributed by atoms with van der Waals surface area (Å²) in [6.45, 7) is 2.27. The fraction of sp³-hybridized carbons (Fsp3) is 0.647. The first-order valence-corrected chi connectivity index (χ1v) is 9.57. The molecule has 0 spiro atoms. The van der Waals surface area contributed by atoms with Gasteiger partial charge in [0, 0.05) is 24.7 Å². The van der Waals surface area contributed by atoms with Crippen molar-refractivity contribution < 1.29 is 0 Å². The second kappa shape index (κ2) is 6.20. The minimum absolute atomic E-state index is 0.613. The van der Waals surface area contributed by atoms with Crippen molar-refractivity contribution in [3.63, 3.8) is 0 Å². The van der Waals surface area contributed by atoms with E-state index in [1.165, 1.54) is 49.6 Å². The number of rotatable bonds is 3. The molecule has 0 N–H and O–H groups in total. The fourth-order valence-corrected chi connectivity index (χ4v) is 4.95. The van der Waals surface area contributed by atoms with E-state index < -0.39 is 0 Å². The van der Waals surface area contributed by atoms with E-state index in [0.29, 0.717) is 12.0 Å². The van der Waals surface area contributed by atoms with Crippen molar-refractivity contribution >= 4 is 22.9 Å². The monoisotopic (exact) mass is 316 g/mol. The third-order valence-electron chi connectivity index (χ3n) is 5.18. The van der Waals surface area contributed by atoms with Gasteiger partial charge in [-0.05, 0) is 62.9 Å². The van der Waals surface area contributed by atoms with Crippen LogP contribution in [0, 0.1) is 0 Å². The van der Waals surface area contributed by atoms with Gasteiger partial charge in [-0.25, -0.2) is 9.97 Å². The van der Waals surface area contributed by atoms with Crippen molar-refractivity contribution in [3.05, 3.63) is 24.2 Å². The highest BCUT2D eigenvalue weighted by atomic mass is 32.2. The number of thioether (sulfide) groups is 1. The largest absolute Gasteiger partial charge is 0.311 e. The van der Waals surface area contributed by atoms with E-state index in [-0.39, 0.29) is 0 Å². The first-order valence-electron chi connectivity index (χ1n) is 8.42. The number of hydrogen-bond acceptors (Lipinski definition) is 4. The Labute approximate surface area is 136 Å². The fourth-order valence-electron chi connectivity index (χ4n) is 3.84. The van der Waals surface area contributed by atoms with E-state index in [1.807, 2.05) is 12.3 Å². The Bertz CT molecular complexity index is 647. The van der Waals surface area contributed by atoms with E-state index in [2.05, 4.69) is 39.3 Å². The summed E-state index contributed by atoms with van der Waals surface area (Å²) < 4.78 is 2.43. The van der Waals surface area contributed by atoms with Gasteiger partial charge in [0.2, 0.25) is 0 Å². The molecule has 1 atom stereocenters. The SMILES string of the molecule is CN1CCCC1Cn1c(C2CCSCC2)nc2cccnc21. The Morgan fingerprint density at radius 3 is 2.91 bits per heavy atom. The van der Waals surface area contributed by atoms with Crippen LogP contribution in [0.2, 0.25) is 0 Å². The van der Waals surface area contributed by atoms with Crippen LogP contribution >= 0.6 is 11.8 Å². The van der Waals surface area contributed by atoms with Gasteiger partial charge in [-0.1, -0.05) is 0 Å². The zero-order valence-corrected chi connectivity index (χ0v) is 14.1. The van der Waals surface area contributed by atoms with Crippen molar-refractivity contribution in [3.8, 4) is 0 Å². The van der Waals surface area contributed by atoms with Crippen molar-refractivity contribution in [1.29, 1.82) is 0 Å². The van der Waals surface area contributed by atoms with Crippen LogP contribution in [0.3, 0.4) is 0 Å². The lowest BCUT2D eigenvalue weighted by molar-refractivity contribution is 0.280. The van der Waals surface area contributed by atoms with Gasteiger partial charge in [0.05, 0.1) is 0 Å². The Balaban J connectivity index is 1.72. The van der Waals surface area contributed by atoms with E-state index in [0.717, 1.165) is 17.7 Å². The smallest absolute Gasteiger partial charge is 0.160 e. The molecule has 2 saturated heterocycles. The highest BCUT2D eigenvalue weighted by Crippen LogP contribution is 2.33. The highest BCUT2D eigenvalue weighted by Gasteiger charge is 2.27. The van der Waals surface area contributed by atoms with Crippen molar-refractivity contribution in [2.45, 2.75) is 44.2 Å². The Morgan fingerprint density at radius 1 is 1.27 bits per heavy atom. The average Bonchev–Trinajstić information content (AvgIpc) is 3.13. The predicted molar refractivity (Wildman–Crippen MR) is 92.5 cm³/mol. The van der Waals surface area contributed by atoms with Gasteiger partial charge >= 0.3 is 0 Å². The lowest BCUT2D eigenvalue weighted by atomic mass is 10.0. The molecule has 0 aromatic carbocycles. The first-order chi connectivity index (χ1) is 10.8. The zero-order valence-electron chi connectivity index (χ0n) is 13.2. The molecule has 2 fully saturated rings. The number of nitrogens with zero attached hydrogens (tertiary/aromatic N) is 4. The standard InChI is InChI=1S/C17H24N4S/c1-20-9-3-4-14(20)12-21-16(13-6-10-22-11-7-13)19-15-5-2-8-18-17(15)21/h2,5,8,13-14H,3-4,6-7,9-12H2,1H3. The topological polar surface area (TPSA) is 34.0 Å². The maximum atomic E-state index is 4.98. The molecule has 4 rings (SSSR count). The summed E-state index contributed by atoms with van der Waals surface area (Å²) in [5.41, 5.74) is 2.15. The third-order valence-corrected chi connectivity index (χ3v) is 6.23. The molecule has 4 heterocycles.